The lowest BCUT2D eigenvalue weighted by Gasteiger charge is -2.12. The van der Waals surface area contributed by atoms with Gasteiger partial charge in [-0.1, -0.05) is 65.4 Å². The Morgan fingerprint density at radius 1 is 1.21 bits per heavy atom. The standard InChI is InChI=1S/C18H12ClNO2S2/c1-11-3-2-4-13(9-11)16(21)20-17(22)15(24-18(20)23)10-12-5-7-14(19)8-6-12/h2-10H,1H3/b15-10+. The molecule has 0 radical (unpaired) electrons. The predicted octanol–water partition coefficient (Wildman–Crippen LogP) is 4.69. The highest BCUT2D eigenvalue weighted by Gasteiger charge is 2.37. The normalized spacial score (nSPS) is 16.1. The molecular weight excluding hydrogens is 362 g/mol. The quantitative estimate of drug-likeness (QED) is 0.435. The van der Waals surface area contributed by atoms with Crippen LogP contribution in [0, 0.1) is 6.92 Å². The number of thiocarbonyl (C=S) groups is 1. The maximum absolute atomic E-state index is 12.6. The Kier molecular flexibility index (Phi) is 4.85. The van der Waals surface area contributed by atoms with Crippen LogP contribution in [0.15, 0.2) is 53.4 Å². The SMILES string of the molecule is Cc1cccc(C(=O)N2C(=O)/C(=C\c3ccc(Cl)cc3)SC2=S)c1. The third-order valence-corrected chi connectivity index (χ3v) is 4.98. The van der Waals surface area contributed by atoms with Gasteiger partial charge in [0.1, 0.15) is 0 Å². The van der Waals surface area contributed by atoms with Crippen LogP contribution < -0.4 is 0 Å². The van der Waals surface area contributed by atoms with Gasteiger partial charge in [-0.05, 0) is 42.8 Å². The molecular formula is C18H12ClNO2S2. The molecule has 6 heteroatoms. The monoisotopic (exact) mass is 373 g/mol. The summed E-state index contributed by atoms with van der Waals surface area (Å²) in [5.41, 5.74) is 2.21. The van der Waals surface area contributed by atoms with Crippen molar-refractivity contribution >= 4 is 57.8 Å². The molecule has 2 aromatic carbocycles. The predicted molar refractivity (Wildman–Crippen MR) is 102 cm³/mol. The molecule has 24 heavy (non-hydrogen) atoms. The zero-order chi connectivity index (χ0) is 17.3. The van der Waals surface area contributed by atoms with Gasteiger partial charge in [-0.2, -0.15) is 0 Å². The van der Waals surface area contributed by atoms with Crippen LogP contribution in [0.4, 0.5) is 0 Å². The molecule has 0 aliphatic carbocycles. The molecule has 0 spiro atoms. The summed E-state index contributed by atoms with van der Waals surface area (Å²) in [5.74, 6) is -0.799. The van der Waals surface area contributed by atoms with Gasteiger partial charge in [-0.25, -0.2) is 4.90 Å². The Morgan fingerprint density at radius 2 is 1.92 bits per heavy atom. The number of amides is 2. The van der Waals surface area contributed by atoms with Gasteiger partial charge in [0.05, 0.1) is 4.91 Å². The van der Waals surface area contributed by atoms with E-state index in [0.717, 1.165) is 27.8 Å². The fourth-order valence-electron chi connectivity index (χ4n) is 2.26. The second-order valence-corrected chi connectivity index (χ2v) is 7.36. The zero-order valence-electron chi connectivity index (χ0n) is 12.7. The number of carbonyl (C=O) groups is 2. The van der Waals surface area contributed by atoms with E-state index >= 15 is 0 Å². The summed E-state index contributed by atoms with van der Waals surface area (Å²) in [5, 5.41) is 0.620. The number of carbonyl (C=O) groups excluding carboxylic acids is 2. The number of imide groups is 1. The number of rotatable bonds is 2. The first-order valence-electron chi connectivity index (χ1n) is 7.10. The summed E-state index contributed by atoms with van der Waals surface area (Å²) < 4.78 is 0.242. The Labute approximate surface area is 154 Å². The average molecular weight is 374 g/mol. The highest BCUT2D eigenvalue weighted by atomic mass is 35.5. The molecule has 2 amide bonds. The molecule has 120 valence electrons. The van der Waals surface area contributed by atoms with Crippen LogP contribution in [0.25, 0.3) is 6.08 Å². The molecule has 0 unspecified atom stereocenters. The van der Waals surface area contributed by atoms with Crippen LogP contribution in [0.2, 0.25) is 5.02 Å². The maximum Gasteiger partial charge on any atom is 0.273 e. The van der Waals surface area contributed by atoms with Crippen molar-refractivity contribution < 1.29 is 9.59 Å². The molecule has 3 rings (SSSR count). The van der Waals surface area contributed by atoms with Gasteiger partial charge in [0.25, 0.3) is 11.8 Å². The van der Waals surface area contributed by atoms with Crippen molar-refractivity contribution in [1.29, 1.82) is 0 Å². The number of benzene rings is 2. The summed E-state index contributed by atoms with van der Waals surface area (Å²) >= 11 is 12.2. The molecule has 1 saturated heterocycles. The van der Waals surface area contributed by atoms with Crippen LogP contribution >= 0.6 is 35.6 Å². The minimum atomic E-state index is -0.402. The van der Waals surface area contributed by atoms with Crippen LogP contribution in [0.3, 0.4) is 0 Å². The Balaban J connectivity index is 1.89. The number of hydrogen-bond acceptors (Lipinski definition) is 4. The lowest BCUT2D eigenvalue weighted by atomic mass is 10.1. The third-order valence-electron chi connectivity index (χ3n) is 3.43. The second kappa shape index (κ2) is 6.89. The summed E-state index contributed by atoms with van der Waals surface area (Å²) in [6.07, 6.45) is 1.71. The highest BCUT2D eigenvalue weighted by Crippen LogP contribution is 2.33. The van der Waals surface area contributed by atoms with Crippen molar-refractivity contribution in [2.45, 2.75) is 6.92 Å². The molecule has 0 saturated carbocycles. The molecule has 0 atom stereocenters. The molecule has 0 aromatic heterocycles. The molecule has 1 heterocycles. The van der Waals surface area contributed by atoms with E-state index in [4.69, 9.17) is 23.8 Å². The van der Waals surface area contributed by atoms with Gasteiger partial charge in [-0.3, -0.25) is 9.59 Å². The van der Waals surface area contributed by atoms with Gasteiger partial charge in [0, 0.05) is 10.6 Å². The molecule has 1 aliphatic rings. The maximum atomic E-state index is 12.6. The number of hydrogen-bond donors (Lipinski definition) is 0. The topological polar surface area (TPSA) is 37.4 Å². The summed E-state index contributed by atoms with van der Waals surface area (Å²) in [6, 6.07) is 14.2. The van der Waals surface area contributed by atoms with Gasteiger partial charge in [-0.15, -0.1) is 0 Å². The van der Waals surface area contributed by atoms with Crippen LogP contribution in [0.1, 0.15) is 21.5 Å². The van der Waals surface area contributed by atoms with Crippen LogP contribution in [-0.2, 0) is 4.79 Å². The second-order valence-electron chi connectivity index (χ2n) is 5.24. The molecule has 3 nitrogen and oxygen atoms in total. The number of thioether (sulfide) groups is 1. The van der Waals surface area contributed by atoms with E-state index in [0.29, 0.717) is 15.5 Å². The largest absolute Gasteiger partial charge is 0.273 e. The number of aryl methyl sites for hydroxylation is 1. The summed E-state index contributed by atoms with van der Waals surface area (Å²) in [6.45, 7) is 1.89. The fourth-order valence-corrected chi connectivity index (χ4v) is 3.64. The molecule has 1 aliphatic heterocycles. The molecule has 2 aromatic rings. The first kappa shape index (κ1) is 16.9. The van der Waals surface area contributed by atoms with E-state index in [1.807, 2.05) is 13.0 Å². The van der Waals surface area contributed by atoms with Gasteiger partial charge >= 0.3 is 0 Å². The van der Waals surface area contributed by atoms with E-state index in [2.05, 4.69) is 0 Å². The average Bonchev–Trinajstić information content (AvgIpc) is 2.83. The third kappa shape index (κ3) is 3.43. The minimum absolute atomic E-state index is 0.242. The van der Waals surface area contributed by atoms with Crippen molar-refractivity contribution in [2.24, 2.45) is 0 Å². The smallest absolute Gasteiger partial charge is 0.268 e. The highest BCUT2D eigenvalue weighted by molar-refractivity contribution is 8.26. The van der Waals surface area contributed by atoms with Crippen molar-refractivity contribution in [3.63, 3.8) is 0 Å². The Morgan fingerprint density at radius 3 is 2.58 bits per heavy atom. The Bertz CT molecular complexity index is 875. The summed E-state index contributed by atoms with van der Waals surface area (Å²) in [4.78, 5) is 26.7. The number of halogens is 1. The van der Waals surface area contributed by atoms with Crippen molar-refractivity contribution in [2.75, 3.05) is 0 Å². The Hall–Kier alpha value is -1.95. The molecule has 0 bridgehead atoms. The van der Waals surface area contributed by atoms with E-state index < -0.39 is 11.8 Å². The van der Waals surface area contributed by atoms with Crippen LogP contribution in [0.5, 0.6) is 0 Å². The van der Waals surface area contributed by atoms with E-state index in [1.165, 1.54) is 0 Å². The van der Waals surface area contributed by atoms with Crippen molar-refractivity contribution in [1.82, 2.24) is 4.90 Å². The molecule has 0 N–H and O–H groups in total. The lowest BCUT2D eigenvalue weighted by Crippen LogP contribution is -2.34. The lowest BCUT2D eigenvalue weighted by molar-refractivity contribution is -0.120. The van der Waals surface area contributed by atoms with Crippen molar-refractivity contribution in [3.05, 3.63) is 75.1 Å². The van der Waals surface area contributed by atoms with E-state index in [1.54, 1.807) is 48.5 Å². The molecule has 1 fully saturated rings. The van der Waals surface area contributed by atoms with Gasteiger partial charge in [0.2, 0.25) is 0 Å². The zero-order valence-corrected chi connectivity index (χ0v) is 15.0. The van der Waals surface area contributed by atoms with E-state index in [9.17, 15) is 9.59 Å². The van der Waals surface area contributed by atoms with Gasteiger partial charge < -0.3 is 0 Å². The number of nitrogens with zero attached hydrogens (tertiary/aromatic N) is 1. The first-order chi connectivity index (χ1) is 11.5. The first-order valence-corrected chi connectivity index (χ1v) is 8.70. The minimum Gasteiger partial charge on any atom is -0.268 e. The fraction of sp³-hybridized carbons (Fsp3) is 0.0556. The van der Waals surface area contributed by atoms with Crippen molar-refractivity contribution in [3.8, 4) is 0 Å². The van der Waals surface area contributed by atoms with Crippen LogP contribution in [-0.4, -0.2) is 21.0 Å². The summed E-state index contributed by atoms with van der Waals surface area (Å²) in [7, 11) is 0. The van der Waals surface area contributed by atoms with E-state index in [-0.39, 0.29) is 4.32 Å². The van der Waals surface area contributed by atoms with Gasteiger partial charge in [0.15, 0.2) is 4.32 Å².